The highest BCUT2D eigenvalue weighted by molar-refractivity contribution is 6.05. The van der Waals surface area contributed by atoms with Crippen molar-refractivity contribution in [3.8, 4) is 0 Å². The Balaban J connectivity index is 1.39. The lowest BCUT2D eigenvalue weighted by Gasteiger charge is -2.09. The van der Waals surface area contributed by atoms with E-state index in [1.165, 1.54) is 28.0 Å². The van der Waals surface area contributed by atoms with Gasteiger partial charge < -0.3 is 20.7 Å². The molecule has 0 fully saturated rings. The fourth-order valence-electron chi connectivity index (χ4n) is 2.99. The monoisotopic (exact) mass is 450 g/mol. The van der Waals surface area contributed by atoms with Crippen molar-refractivity contribution in [1.82, 2.24) is 34.3 Å². The topological polar surface area (TPSA) is 168 Å². The molecule has 0 spiro atoms. The molecule has 0 aliphatic heterocycles. The summed E-state index contributed by atoms with van der Waals surface area (Å²) in [5, 5.41) is 28.1. The minimum absolute atomic E-state index is 0.0456. The zero-order valence-electron chi connectivity index (χ0n) is 17.3. The summed E-state index contributed by atoms with van der Waals surface area (Å²) in [4.78, 5) is 38.6. The van der Waals surface area contributed by atoms with Gasteiger partial charge in [0.15, 0.2) is 12.4 Å². The maximum Gasteiger partial charge on any atom is 0.491 e. The van der Waals surface area contributed by atoms with Crippen molar-refractivity contribution >= 4 is 29.1 Å². The van der Waals surface area contributed by atoms with Crippen molar-refractivity contribution in [2.75, 3.05) is 10.6 Å². The van der Waals surface area contributed by atoms with Crippen LogP contribution in [0, 0.1) is 10.1 Å². The van der Waals surface area contributed by atoms with E-state index in [4.69, 9.17) is 0 Å². The van der Waals surface area contributed by atoms with E-state index in [1.54, 1.807) is 41.2 Å². The van der Waals surface area contributed by atoms with Gasteiger partial charge in [0.2, 0.25) is 6.33 Å². The van der Waals surface area contributed by atoms with Crippen LogP contribution >= 0.6 is 0 Å². The lowest BCUT2D eigenvalue weighted by molar-refractivity contribution is -0.394. The Labute approximate surface area is 186 Å². The standard InChI is InChI=1S/C19H18N10O4/c1-2-28-16(6-8-21-28)18(31)23-14-5-3-4-13(10-14)22-17(30)15-7-9-26(24-15)12-27-11-20-19(25-27)29(32)33/h3-11H,2,12H2,1H3,(H,22,30)(H,23,31). The lowest BCUT2D eigenvalue weighted by Crippen LogP contribution is -2.18. The number of hydrogen-bond acceptors (Lipinski definition) is 8. The van der Waals surface area contributed by atoms with Crippen molar-refractivity contribution < 1.29 is 14.5 Å². The number of aryl methyl sites for hydroxylation is 1. The van der Waals surface area contributed by atoms with Crippen molar-refractivity contribution in [3.63, 3.8) is 0 Å². The number of carbonyl (C=O) groups excluding carboxylic acids is 2. The van der Waals surface area contributed by atoms with Crippen LogP contribution in [0.2, 0.25) is 0 Å². The van der Waals surface area contributed by atoms with Gasteiger partial charge in [-0.2, -0.15) is 14.9 Å². The molecule has 0 aliphatic carbocycles. The minimum Gasteiger partial charge on any atom is -0.390 e. The third-order valence-electron chi connectivity index (χ3n) is 4.48. The Morgan fingerprint density at radius 1 is 1.06 bits per heavy atom. The number of benzene rings is 1. The Hall–Kier alpha value is -4.88. The second kappa shape index (κ2) is 9.09. The van der Waals surface area contributed by atoms with Crippen molar-refractivity contribution in [1.29, 1.82) is 0 Å². The largest absolute Gasteiger partial charge is 0.491 e. The summed E-state index contributed by atoms with van der Waals surface area (Å²) in [5.74, 6) is -1.30. The SMILES string of the molecule is CCn1nccc1C(=O)Nc1cccc(NC(=O)c2ccn(Cn3cnc([N+](=O)[O-])n3)n2)c1. The summed E-state index contributed by atoms with van der Waals surface area (Å²) in [6.45, 7) is 2.49. The molecule has 4 rings (SSSR count). The van der Waals surface area contributed by atoms with Gasteiger partial charge in [-0.25, -0.2) is 4.68 Å². The second-order valence-electron chi connectivity index (χ2n) is 6.74. The van der Waals surface area contributed by atoms with E-state index in [-0.39, 0.29) is 18.3 Å². The summed E-state index contributed by atoms with van der Waals surface area (Å²) in [7, 11) is 0. The molecule has 4 aromatic rings. The minimum atomic E-state index is -0.701. The van der Waals surface area contributed by atoms with Gasteiger partial charge in [0.25, 0.3) is 11.8 Å². The molecule has 3 aromatic heterocycles. The number of rotatable bonds is 8. The summed E-state index contributed by atoms with van der Waals surface area (Å²) >= 11 is 0. The third kappa shape index (κ3) is 4.90. The number of amides is 2. The van der Waals surface area contributed by atoms with E-state index in [9.17, 15) is 19.7 Å². The molecule has 3 heterocycles. The Morgan fingerprint density at radius 3 is 2.52 bits per heavy atom. The molecular formula is C19H18N10O4. The summed E-state index contributed by atoms with van der Waals surface area (Å²) in [5.41, 5.74) is 1.52. The number of anilines is 2. The molecule has 0 atom stereocenters. The molecule has 14 nitrogen and oxygen atoms in total. The van der Waals surface area contributed by atoms with Gasteiger partial charge >= 0.3 is 5.95 Å². The summed E-state index contributed by atoms with van der Waals surface area (Å²) in [6.07, 6.45) is 4.29. The molecule has 2 amide bonds. The highest BCUT2D eigenvalue weighted by atomic mass is 16.6. The third-order valence-corrected chi connectivity index (χ3v) is 4.48. The molecule has 0 unspecified atom stereocenters. The molecule has 0 saturated carbocycles. The van der Waals surface area contributed by atoms with Gasteiger partial charge in [0.1, 0.15) is 5.69 Å². The number of hydrogen-bond donors (Lipinski definition) is 2. The number of nitrogens with zero attached hydrogens (tertiary/aromatic N) is 8. The van der Waals surface area contributed by atoms with Crippen LogP contribution < -0.4 is 10.6 Å². The molecule has 1 aromatic carbocycles. The van der Waals surface area contributed by atoms with Crippen molar-refractivity contribution in [2.24, 2.45) is 0 Å². The molecule has 0 saturated heterocycles. The molecule has 0 bridgehead atoms. The van der Waals surface area contributed by atoms with Gasteiger partial charge in [-0.15, -0.1) is 0 Å². The molecular weight excluding hydrogens is 432 g/mol. The van der Waals surface area contributed by atoms with Gasteiger partial charge in [-0.3, -0.25) is 14.3 Å². The molecule has 14 heteroatoms. The predicted molar refractivity (Wildman–Crippen MR) is 115 cm³/mol. The lowest BCUT2D eigenvalue weighted by atomic mass is 10.2. The number of nitro groups is 1. The first kappa shape index (κ1) is 21.4. The average Bonchev–Trinajstić information content (AvgIpc) is 3.55. The van der Waals surface area contributed by atoms with E-state index in [0.29, 0.717) is 23.6 Å². The first-order valence-corrected chi connectivity index (χ1v) is 9.75. The van der Waals surface area contributed by atoms with Gasteiger partial charge in [0.05, 0.1) is 0 Å². The number of carbonyl (C=O) groups is 2. The maximum absolute atomic E-state index is 12.6. The first-order chi connectivity index (χ1) is 15.9. The van der Waals surface area contributed by atoms with E-state index >= 15 is 0 Å². The maximum atomic E-state index is 12.6. The fourth-order valence-corrected chi connectivity index (χ4v) is 2.99. The van der Waals surface area contributed by atoms with Crippen LogP contribution in [0.15, 0.2) is 55.1 Å². The normalized spacial score (nSPS) is 10.7. The van der Waals surface area contributed by atoms with Crippen LogP contribution in [0.25, 0.3) is 0 Å². The quantitative estimate of drug-likeness (QED) is 0.301. The first-order valence-electron chi connectivity index (χ1n) is 9.75. The summed E-state index contributed by atoms with van der Waals surface area (Å²) < 4.78 is 4.19. The number of aromatic nitrogens is 7. The van der Waals surface area contributed by atoms with Crippen LogP contribution in [0.4, 0.5) is 17.3 Å². The van der Waals surface area contributed by atoms with Crippen LogP contribution in [0.1, 0.15) is 27.9 Å². The van der Waals surface area contributed by atoms with Crippen molar-refractivity contribution in [3.05, 3.63) is 76.6 Å². The van der Waals surface area contributed by atoms with Crippen LogP contribution in [0.5, 0.6) is 0 Å². The Kier molecular flexibility index (Phi) is 5.88. The zero-order valence-corrected chi connectivity index (χ0v) is 17.3. The highest BCUT2D eigenvalue weighted by Gasteiger charge is 2.16. The summed E-state index contributed by atoms with van der Waals surface area (Å²) in [6, 6.07) is 9.81. The smallest absolute Gasteiger partial charge is 0.390 e. The van der Waals surface area contributed by atoms with Crippen LogP contribution in [0.3, 0.4) is 0 Å². The molecule has 0 aliphatic rings. The average molecular weight is 450 g/mol. The zero-order chi connectivity index (χ0) is 23.4. The van der Waals surface area contributed by atoms with Gasteiger partial charge in [-0.1, -0.05) is 11.1 Å². The highest BCUT2D eigenvalue weighted by Crippen LogP contribution is 2.17. The van der Waals surface area contributed by atoms with Crippen molar-refractivity contribution in [2.45, 2.75) is 20.1 Å². The number of nitrogens with one attached hydrogen (secondary N) is 2. The van der Waals surface area contributed by atoms with E-state index in [2.05, 4.69) is 30.9 Å². The van der Waals surface area contributed by atoms with E-state index < -0.39 is 16.8 Å². The Bertz CT molecular complexity index is 1320. The van der Waals surface area contributed by atoms with Crippen LogP contribution in [-0.4, -0.2) is 51.1 Å². The molecule has 33 heavy (non-hydrogen) atoms. The second-order valence-corrected chi connectivity index (χ2v) is 6.74. The molecule has 0 radical (unpaired) electrons. The predicted octanol–water partition coefficient (Wildman–Crippen LogP) is 1.61. The Morgan fingerprint density at radius 2 is 1.82 bits per heavy atom. The fraction of sp³-hybridized carbons (Fsp3) is 0.158. The van der Waals surface area contributed by atoms with E-state index in [0.717, 1.165) is 0 Å². The van der Waals surface area contributed by atoms with Gasteiger partial charge in [0, 0.05) is 35.4 Å². The molecule has 168 valence electrons. The van der Waals surface area contributed by atoms with E-state index in [1.807, 2.05) is 6.92 Å². The van der Waals surface area contributed by atoms with Crippen LogP contribution in [-0.2, 0) is 13.2 Å². The molecule has 2 N–H and O–H groups in total. The van der Waals surface area contributed by atoms with Gasteiger partial charge in [-0.05, 0) is 42.2 Å².